The number of halogens is 2. The maximum absolute atomic E-state index is 11.6. The number of benzene rings is 2. The van der Waals surface area contributed by atoms with Crippen LogP contribution in [0.25, 0.3) is 0 Å². The molecule has 0 saturated heterocycles. The third-order valence-electron chi connectivity index (χ3n) is 2.65. The summed E-state index contributed by atoms with van der Waals surface area (Å²) in [5.74, 6) is 0. The minimum atomic E-state index is -0.410. The van der Waals surface area contributed by atoms with E-state index in [-0.39, 0.29) is 6.61 Å². The average Bonchev–Trinajstić information content (AvgIpc) is 2.45. The van der Waals surface area contributed by atoms with E-state index < -0.39 is 6.09 Å². The second-order valence-electron chi connectivity index (χ2n) is 4.15. The van der Waals surface area contributed by atoms with Crippen LogP contribution >= 0.6 is 38.5 Å². The smallest absolute Gasteiger partial charge is 0.407 e. The molecule has 2 rings (SSSR count). The van der Waals surface area contributed by atoms with Crippen LogP contribution in [0.2, 0.25) is 0 Å². The standard InChI is InChI=1S/C15H13BrINO2/c16-13-7-6-12(14(17)8-13)9-18-15(19)20-10-11-4-2-1-3-5-11/h1-8H,9-10H2,(H,18,19). The molecule has 3 nitrogen and oxygen atoms in total. The highest BCUT2D eigenvalue weighted by Crippen LogP contribution is 2.18. The molecular formula is C15H13BrINO2. The molecule has 0 aliphatic rings. The number of hydrogen-bond donors (Lipinski definition) is 1. The van der Waals surface area contributed by atoms with Gasteiger partial charge in [0.2, 0.25) is 0 Å². The van der Waals surface area contributed by atoms with Crippen molar-refractivity contribution in [1.82, 2.24) is 5.32 Å². The lowest BCUT2D eigenvalue weighted by Gasteiger charge is -2.08. The van der Waals surface area contributed by atoms with Crippen LogP contribution < -0.4 is 5.32 Å². The van der Waals surface area contributed by atoms with Gasteiger partial charge in [0.15, 0.2) is 0 Å². The Labute approximate surface area is 140 Å². The summed E-state index contributed by atoms with van der Waals surface area (Å²) in [5, 5.41) is 2.75. The van der Waals surface area contributed by atoms with Crippen molar-refractivity contribution in [3.05, 3.63) is 67.7 Å². The second-order valence-corrected chi connectivity index (χ2v) is 6.23. The zero-order chi connectivity index (χ0) is 14.4. The number of hydrogen-bond acceptors (Lipinski definition) is 2. The number of carbonyl (C=O) groups excluding carboxylic acids is 1. The third kappa shape index (κ3) is 4.79. The van der Waals surface area contributed by atoms with E-state index in [2.05, 4.69) is 43.8 Å². The predicted octanol–water partition coefficient (Wildman–Crippen LogP) is 4.48. The fraction of sp³-hybridized carbons (Fsp3) is 0.133. The number of nitrogens with one attached hydrogen (secondary N) is 1. The van der Waals surface area contributed by atoms with Crippen LogP contribution in [0, 0.1) is 3.57 Å². The van der Waals surface area contributed by atoms with Crippen LogP contribution in [-0.4, -0.2) is 6.09 Å². The Morgan fingerprint density at radius 2 is 1.95 bits per heavy atom. The van der Waals surface area contributed by atoms with Gasteiger partial charge >= 0.3 is 6.09 Å². The van der Waals surface area contributed by atoms with Crippen molar-refractivity contribution >= 4 is 44.6 Å². The van der Waals surface area contributed by atoms with Crippen molar-refractivity contribution in [2.75, 3.05) is 0 Å². The Kier molecular flexibility index (Phi) is 5.85. The molecule has 0 aliphatic carbocycles. The molecule has 0 atom stereocenters. The molecule has 1 N–H and O–H groups in total. The van der Waals surface area contributed by atoms with E-state index in [0.717, 1.165) is 19.2 Å². The highest BCUT2D eigenvalue weighted by molar-refractivity contribution is 14.1. The molecular weight excluding hydrogens is 433 g/mol. The first-order chi connectivity index (χ1) is 9.65. The number of rotatable bonds is 4. The monoisotopic (exact) mass is 445 g/mol. The zero-order valence-electron chi connectivity index (χ0n) is 10.6. The second kappa shape index (κ2) is 7.64. The lowest BCUT2D eigenvalue weighted by atomic mass is 10.2. The number of ether oxygens (including phenoxy) is 1. The van der Waals surface area contributed by atoms with Gasteiger partial charge in [-0.15, -0.1) is 0 Å². The van der Waals surface area contributed by atoms with Crippen LogP contribution in [0.5, 0.6) is 0 Å². The molecule has 0 aliphatic heterocycles. The molecule has 20 heavy (non-hydrogen) atoms. The molecule has 104 valence electrons. The lowest BCUT2D eigenvalue weighted by molar-refractivity contribution is 0.139. The lowest BCUT2D eigenvalue weighted by Crippen LogP contribution is -2.24. The van der Waals surface area contributed by atoms with Crippen LogP contribution in [0.1, 0.15) is 11.1 Å². The summed E-state index contributed by atoms with van der Waals surface area (Å²) >= 11 is 5.65. The van der Waals surface area contributed by atoms with Gasteiger partial charge in [0.1, 0.15) is 6.61 Å². The topological polar surface area (TPSA) is 38.3 Å². The first kappa shape index (κ1) is 15.3. The number of alkyl carbamates (subject to hydrolysis) is 1. The molecule has 2 aromatic carbocycles. The van der Waals surface area contributed by atoms with Crippen LogP contribution in [-0.2, 0) is 17.9 Å². The van der Waals surface area contributed by atoms with E-state index in [1.807, 2.05) is 48.5 Å². The van der Waals surface area contributed by atoms with Gasteiger partial charge in [-0.05, 0) is 45.9 Å². The molecule has 5 heteroatoms. The first-order valence-electron chi connectivity index (χ1n) is 6.03. The molecule has 0 saturated carbocycles. The van der Waals surface area contributed by atoms with Crippen LogP contribution in [0.4, 0.5) is 4.79 Å². The summed E-state index contributed by atoms with van der Waals surface area (Å²) in [7, 11) is 0. The van der Waals surface area contributed by atoms with Gasteiger partial charge in [-0.25, -0.2) is 4.79 Å². The number of carbonyl (C=O) groups is 1. The van der Waals surface area contributed by atoms with Crippen molar-refractivity contribution in [2.24, 2.45) is 0 Å². The summed E-state index contributed by atoms with van der Waals surface area (Å²) in [6, 6.07) is 15.5. The summed E-state index contributed by atoms with van der Waals surface area (Å²) < 4.78 is 7.27. The van der Waals surface area contributed by atoms with Crippen molar-refractivity contribution in [3.8, 4) is 0 Å². The maximum atomic E-state index is 11.6. The van der Waals surface area contributed by atoms with Crippen LogP contribution in [0.3, 0.4) is 0 Å². The normalized spacial score (nSPS) is 10.1. The van der Waals surface area contributed by atoms with Gasteiger partial charge in [-0.1, -0.05) is 52.3 Å². The molecule has 0 unspecified atom stereocenters. The average molecular weight is 446 g/mol. The van der Waals surface area contributed by atoms with Gasteiger partial charge in [0.05, 0.1) is 0 Å². The van der Waals surface area contributed by atoms with E-state index in [1.54, 1.807) is 0 Å². The van der Waals surface area contributed by atoms with Crippen molar-refractivity contribution in [3.63, 3.8) is 0 Å². The van der Waals surface area contributed by atoms with Gasteiger partial charge in [0, 0.05) is 14.6 Å². The third-order valence-corrected chi connectivity index (χ3v) is 4.15. The van der Waals surface area contributed by atoms with E-state index in [0.29, 0.717) is 6.54 Å². The van der Waals surface area contributed by atoms with E-state index in [9.17, 15) is 4.79 Å². The van der Waals surface area contributed by atoms with E-state index >= 15 is 0 Å². The fourth-order valence-corrected chi connectivity index (χ4v) is 3.10. The van der Waals surface area contributed by atoms with Crippen molar-refractivity contribution in [2.45, 2.75) is 13.2 Å². The fourth-order valence-electron chi connectivity index (χ4n) is 1.61. The SMILES string of the molecule is O=C(NCc1ccc(Br)cc1I)OCc1ccccc1. The summed E-state index contributed by atoms with van der Waals surface area (Å²) in [6.07, 6.45) is -0.410. The maximum Gasteiger partial charge on any atom is 0.407 e. The Hall–Kier alpha value is -1.08. The number of amides is 1. The van der Waals surface area contributed by atoms with Crippen molar-refractivity contribution < 1.29 is 9.53 Å². The largest absolute Gasteiger partial charge is 0.445 e. The zero-order valence-corrected chi connectivity index (χ0v) is 14.3. The summed E-state index contributed by atoms with van der Waals surface area (Å²) in [4.78, 5) is 11.6. The van der Waals surface area contributed by atoms with Crippen LogP contribution in [0.15, 0.2) is 53.0 Å². The summed E-state index contributed by atoms with van der Waals surface area (Å²) in [6.45, 7) is 0.739. The Bertz CT molecular complexity index is 590. The molecule has 0 bridgehead atoms. The Morgan fingerprint density at radius 3 is 2.65 bits per heavy atom. The quantitative estimate of drug-likeness (QED) is 0.704. The molecule has 0 radical (unpaired) electrons. The highest BCUT2D eigenvalue weighted by atomic mass is 127. The molecule has 1 amide bonds. The highest BCUT2D eigenvalue weighted by Gasteiger charge is 2.05. The van der Waals surface area contributed by atoms with Gasteiger partial charge in [-0.2, -0.15) is 0 Å². The molecule has 0 aromatic heterocycles. The molecule has 0 spiro atoms. The summed E-state index contributed by atoms with van der Waals surface area (Å²) in [5.41, 5.74) is 2.03. The van der Waals surface area contributed by atoms with E-state index in [1.165, 1.54) is 0 Å². The minimum Gasteiger partial charge on any atom is -0.445 e. The Morgan fingerprint density at radius 1 is 1.20 bits per heavy atom. The van der Waals surface area contributed by atoms with Crippen molar-refractivity contribution in [1.29, 1.82) is 0 Å². The molecule has 0 fully saturated rings. The molecule has 0 heterocycles. The molecule has 2 aromatic rings. The van der Waals surface area contributed by atoms with Gasteiger partial charge < -0.3 is 10.1 Å². The predicted molar refractivity (Wildman–Crippen MR) is 90.3 cm³/mol. The minimum absolute atomic E-state index is 0.282. The Balaban J connectivity index is 1.80. The van der Waals surface area contributed by atoms with Gasteiger partial charge in [0.25, 0.3) is 0 Å². The first-order valence-corrected chi connectivity index (χ1v) is 7.91. The van der Waals surface area contributed by atoms with E-state index in [4.69, 9.17) is 4.74 Å². The van der Waals surface area contributed by atoms with Gasteiger partial charge in [-0.3, -0.25) is 0 Å².